The molecule has 2 nitrogen and oxygen atoms in total. The Hall–Kier alpha value is -1.97. The summed E-state index contributed by atoms with van der Waals surface area (Å²) < 4.78 is 6.81. The summed E-state index contributed by atoms with van der Waals surface area (Å²) >= 11 is 0. The molecule has 3 rings (SSSR count). The van der Waals surface area contributed by atoms with Gasteiger partial charge in [-0.25, -0.2) is 0 Å². The maximum atomic E-state index is 12.6. The first-order chi connectivity index (χ1) is 15.2. The van der Waals surface area contributed by atoms with E-state index in [0.717, 1.165) is 31.2 Å². The maximum Gasteiger partial charge on any atom is 0.192 e. The zero-order chi connectivity index (χ0) is 23.2. The lowest BCUT2D eigenvalue weighted by molar-refractivity contribution is 0.0958. The van der Waals surface area contributed by atoms with E-state index in [-0.39, 0.29) is 22.8 Å². The van der Waals surface area contributed by atoms with Crippen molar-refractivity contribution in [3.8, 4) is 0 Å². The molecule has 3 heteroatoms. The van der Waals surface area contributed by atoms with Crippen LogP contribution in [0.2, 0.25) is 18.1 Å². The van der Waals surface area contributed by atoms with Gasteiger partial charge in [-0.15, -0.1) is 0 Å². The molecule has 0 amide bonds. The van der Waals surface area contributed by atoms with Gasteiger partial charge in [0.05, 0.1) is 6.10 Å². The van der Waals surface area contributed by atoms with E-state index >= 15 is 0 Å². The molecule has 0 bridgehead atoms. The number of carbonyl (C=O) groups excluding carboxylic acids is 1. The van der Waals surface area contributed by atoms with Crippen LogP contribution in [0.4, 0.5) is 0 Å². The Morgan fingerprint density at radius 1 is 1.00 bits per heavy atom. The normalized spacial score (nSPS) is 18.0. The van der Waals surface area contributed by atoms with Crippen LogP contribution in [0.15, 0.2) is 66.7 Å². The summed E-state index contributed by atoms with van der Waals surface area (Å²) in [6.45, 7) is 11.6. The zero-order valence-electron chi connectivity index (χ0n) is 20.6. The molecule has 0 spiro atoms. The molecule has 2 aromatic carbocycles. The standard InChI is InChI=1S/C29H40O2Si/c1-29(2,3)32(4,5)31-26(17-11-9-15-23-13-7-6-8-14-23)20-19-24-21-25-16-10-12-18-27(25)28(30)22-24/h6-8,10,12-14,16,18-20,24,26H,9,11,15,17,21-22H2,1-5H3/b20-19+. The van der Waals surface area contributed by atoms with Gasteiger partial charge in [-0.3, -0.25) is 4.79 Å². The minimum atomic E-state index is -1.87. The number of benzene rings is 2. The molecular formula is C29H40O2Si. The molecular weight excluding hydrogens is 408 g/mol. The molecule has 0 N–H and O–H groups in total. The molecule has 0 aromatic heterocycles. The summed E-state index contributed by atoms with van der Waals surface area (Å²) in [6, 6.07) is 18.8. The molecule has 1 aliphatic rings. The monoisotopic (exact) mass is 448 g/mol. The molecule has 0 aliphatic heterocycles. The Kier molecular flexibility index (Phi) is 8.30. The Morgan fingerprint density at radius 3 is 2.41 bits per heavy atom. The van der Waals surface area contributed by atoms with Gasteiger partial charge in [0.25, 0.3) is 0 Å². The molecule has 0 radical (unpaired) electrons. The van der Waals surface area contributed by atoms with Crippen LogP contribution in [0.5, 0.6) is 0 Å². The average molecular weight is 449 g/mol. The molecule has 0 fully saturated rings. The smallest absolute Gasteiger partial charge is 0.192 e. The molecule has 32 heavy (non-hydrogen) atoms. The van der Waals surface area contributed by atoms with E-state index in [1.54, 1.807) is 0 Å². The predicted octanol–water partition coefficient (Wildman–Crippen LogP) is 7.79. The van der Waals surface area contributed by atoms with Gasteiger partial charge in [0.15, 0.2) is 14.1 Å². The Morgan fingerprint density at radius 2 is 1.69 bits per heavy atom. The summed E-state index contributed by atoms with van der Waals surface area (Å²) in [5, 5.41) is 0.183. The van der Waals surface area contributed by atoms with Crippen LogP contribution >= 0.6 is 0 Å². The number of fused-ring (bicyclic) bond motifs is 1. The van der Waals surface area contributed by atoms with E-state index in [1.165, 1.54) is 17.5 Å². The Balaban J connectivity index is 1.64. The second-order valence-electron chi connectivity index (χ2n) is 10.8. The van der Waals surface area contributed by atoms with Crippen LogP contribution in [0, 0.1) is 5.92 Å². The molecule has 1 aliphatic carbocycles. The minimum Gasteiger partial charge on any atom is -0.411 e. The van der Waals surface area contributed by atoms with Gasteiger partial charge >= 0.3 is 0 Å². The van der Waals surface area contributed by atoms with Crippen LogP contribution in [0.1, 0.15) is 67.9 Å². The largest absolute Gasteiger partial charge is 0.411 e. The third kappa shape index (κ3) is 6.76. The van der Waals surface area contributed by atoms with Gasteiger partial charge in [0.2, 0.25) is 0 Å². The number of Topliss-reactive ketones (excluding diaryl/α,β-unsaturated/α-hetero) is 1. The molecule has 0 saturated heterocycles. The maximum absolute atomic E-state index is 12.6. The number of hydrogen-bond acceptors (Lipinski definition) is 2. The Bertz CT molecular complexity index is 908. The van der Waals surface area contributed by atoms with Gasteiger partial charge in [0.1, 0.15) is 0 Å². The van der Waals surface area contributed by atoms with E-state index in [4.69, 9.17) is 4.43 Å². The third-order valence-electron chi connectivity index (χ3n) is 7.14. The predicted molar refractivity (Wildman–Crippen MR) is 138 cm³/mol. The fourth-order valence-electron chi connectivity index (χ4n) is 4.16. The third-order valence-corrected chi connectivity index (χ3v) is 11.6. The Labute approximate surface area is 196 Å². The first kappa shape index (κ1) is 24.7. The summed E-state index contributed by atoms with van der Waals surface area (Å²) in [5.74, 6) is 0.540. The van der Waals surface area contributed by atoms with E-state index in [1.807, 2.05) is 18.2 Å². The molecule has 2 atom stereocenters. The highest BCUT2D eigenvalue weighted by atomic mass is 28.4. The lowest BCUT2D eigenvalue weighted by Gasteiger charge is -2.39. The van der Waals surface area contributed by atoms with Crippen LogP contribution in [0.25, 0.3) is 0 Å². The van der Waals surface area contributed by atoms with E-state index < -0.39 is 8.32 Å². The zero-order valence-corrected chi connectivity index (χ0v) is 21.6. The van der Waals surface area contributed by atoms with Crippen LogP contribution in [-0.4, -0.2) is 20.2 Å². The SMILES string of the molecule is CC(C)(C)[Si](C)(C)OC(/C=C/C1CC(=O)c2ccccc2C1)CCCCc1ccccc1. The van der Waals surface area contributed by atoms with Gasteiger partial charge in [-0.05, 0) is 60.9 Å². The molecule has 2 unspecified atom stereocenters. The van der Waals surface area contributed by atoms with Crippen molar-refractivity contribution in [2.75, 3.05) is 0 Å². The summed E-state index contributed by atoms with van der Waals surface area (Å²) in [6.07, 6.45) is 10.7. The van der Waals surface area contributed by atoms with Crippen molar-refractivity contribution in [3.05, 3.63) is 83.4 Å². The van der Waals surface area contributed by atoms with Crippen molar-refractivity contribution in [2.24, 2.45) is 5.92 Å². The first-order valence-electron chi connectivity index (χ1n) is 12.2. The molecule has 2 aromatic rings. The number of hydrogen-bond donors (Lipinski definition) is 0. The van der Waals surface area contributed by atoms with Crippen LogP contribution < -0.4 is 0 Å². The highest BCUT2D eigenvalue weighted by molar-refractivity contribution is 6.74. The lowest BCUT2D eigenvalue weighted by Crippen LogP contribution is -2.43. The minimum absolute atomic E-state index is 0.124. The topological polar surface area (TPSA) is 26.3 Å². The number of ketones is 1. The van der Waals surface area contributed by atoms with Gasteiger partial charge in [-0.2, -0.15) is 0 Å². The van der Waals surface area contributed by atoms with Gasteiger partial charge < -0.3 is 4.43 Å². The fraction of sp³-hybridized carbons (Fsp3) is 0.483. The first-order valence-corrected chi connectivity index (χ1v) is 15.1. The van der Waals surface area contributed by atoms with Crippen molar-refractivity contribution >= 4 is 14.1 Å². The summed E-state index contributed by atoms with van der Waals surface area (Å²) in [5.41, 5.74) is 3.50. The quantitative estimate of drug-likeness (QED) is 0.222. The number of aryl methyl sites for hydroxylation is 1. The summed E-state index contributed by atoms with van der Waals surface area (Å²) in [7, 11) is -1.87. The number of carbonyl (C=O) groups is 1. The second-order valence-corrected chi connectivity index (χ2v) is 15.5. The van der Waals surface area contributed by atoms with Crippen molar-refractivity contribution in [1.29, 1.82) is 0 Å². The number of allylic oxidation sites excluding steroid dienone is 1. The lowest BCUT2D eigenvalue weighted by atomic mass is 9.83. The molecule has 0 heterocycles. The highest BCUT2D eigenvalue weighted by Gasteiger charge is 2.38. The van der Waals surface area contributed by atoms with Crippen molar-refractivity contribution in [2.45, 2.75) is 83.5 Å². The van der Waals surface area contributed by atoms with Crippen molar-refractivity contribution in [1.82, 2.24) is 0 Å². The fourth-order valence-corrected chi connectivity index (χ4v) is 5.47. The number of rotatable bonds is 9. The average Bonchev–Trinajstić information content (AvgIpc) is 2.74. The molecule has 0 saturated carbocycles. The van der Waals surface area contributed by atoms with E-state index in [0.29, 0.717) is 6.42 Å². The van der Waals surface area contributed by atoms with E-state index in [2.05, 4.69) is 82.4 Å². The number of unbranched alkanes of at least 4 members (excludes halogenated alkanes) is 1. The summed E-state index contributed by atoms with van der Waals surface area (Å²) in [4.78, 5) is 12.6. The van der Waals surface area contributed by atoms with Gasteiger partial charge in [-0.1, -0.05) is 93.9 Å². The highest BCUT2D eigenvalue weighted by Crippen LogP contribution is 2.38. The second kappa shape index (κ2) is 10.8. The van der Waals surface area contributed by atoms with Crippen molar-refractivity contribution < 1.29 is 9.22 Å². The van der Waals surface area contributed by atoms with E-state index in [9.17, 15) is 4.79 Å². The molecule has 172 valence electrons. The van der Waals surface area contributed by atoms with Crippen molar-refractivity contribution in [3.63, 3.8) is 0 Å². The van der Waals surface area contributed by atoms with Gasteiger partial charge in [0, 0.05) is 12.0 Å². The van der Waals surface area contributed by atoms with Crippen LogP contribution in [-0.2, 0) is 17.3 Å². The van der Waals surface area contributed by atoms with Crippen LogP contribution in [0.3, 0.4) is 0 Å².